The number of hydrogen-bond acceptors (Lipinski definition) is 4. The predicted molar refractivity (Wildman–Crippen MR) is 94.6 cm³/mol. The zero-order chi connectivity index (χ0) is 18.3. The largest absolute Gasteiger partial charge is 0.459 e. The van der Waals surface area contributed by atoms with Crippen LogP contribution in [0.2, 0.25) is 0 Å². The SMILES string of the molecule is C[C@H](NC(=O)CN1C(=O)c2ccccc2C1=O)c1cc2ccccc2o1. The van der Waals surface area contributed by atoms with Crippen LogP contribution < -0.4 is 5.32 Å². The van der Waals surface area contributed by atoms with Crippen LogP contribution in [0.15, 0.2) is 59.0 Å². The van der Waals surface area contributed by atoms with Crippen molar-refractivity contribution in [3.05, 3.63) is 71.5 Å². The van der Waals surface area contributed by atoms with E-state index in [0.29, 0.717) is 16.9 Å². The lowest BCUT2D eigenvalue weighted by Gasteiger charge is -2.16. The van der Waals surface area contributed by atoms with Crippen LogP contribution in [-0.2, 0) is 4.79 Å². The summed E-state index contributed by atoms with van der Waals surface area (Å²) in [5.41, 5.74) is 1.40. The van der Waals surface area contributed by atoms with Gasteiger partial charge in [-0.05, 0) is 31.2 Å². The van der Waals surface area contributed by atoms with Gasteiger partial charge in [-0.15, -0.1) is 0 Å². The number of rotatable bonds is 4. The first-order chi connectivity index (χ1) is 12.5. The lowest BCUT2D eigenvalue weighted by atomic mass is 10.1. The highest BCUT2D eigenvalue weighted by molar-refractivity contribution is 6.22. The number of benzene rings is 2. The van der Waals surface area contributed by atoms with E-state index >= 15 is 0 Å². The molecule has 1 aliphatic rings. The third-order valence-electron chi connectivity index (χ3n) is 4.43. The Morgan fingerprint density at radius 2 is 1.65 bits per heavy atom. The molecule has 1 N–H and O–H groups in total. The van der Waals surface area contributed by atoms with Gasteiger partial charge in [-0.2, -0.15) is 0 Å². The van der Waals surface area contributed by atoms with Crippen LogP contribution in [-0.4, -0.2) is 29.2 Å². The number of fused-ring (bicyclic) bond motifs is 2. The minimum Gasteiger partial charge on any atom is -0.459 e. The van der Waals surface area contributed by atoms with E-state index in [0.717, 1.165) is 15.9 Å². The van der Waals surface area contributed by atoms with Gasteiger partial charge in [0.25, 0.3) is 11.8 Å². The van der Waals surface area contributed by atoms with E-state index in [2.05, 4.69) is 5.32 Å². The monoisotopic (exact) mass is 348 g/mol. The summed E-state index contributed by atoms with van der Waals surface area (Å²) in [7, 11) is 0. The predicted octanol–water partition coefficient (Wildman–Crippen LogP) is 2.91. The zero-order valence-electron chi connectivity index (χ0n) is 14.1. The van der Waals surface area contributed by atoms with Crippen molar-refractivity contribution in [1.29, 1.82) is 0 Å². The van der Waals surface area contributed by atoms with Gasteiger partial charge < -0.3 is 9.73 Å². The molecule has 4 rings (SSSR count). The highest BCUT2D eigenvalue weighted by Gasteiger charge is 2.36. The standard InChI is InChI=1S/C20H16N2O4/c1-12(17-10-13-6-2-5-9-16(13)26-17)21-18(23)11-22-19(24)14-7-3-4-8-15(14)20(22)25/h2-10,12H,11H2,1H3,(H,21,23)/t12-/m0/s1. The number of hydrogen-bond donors (Lipinski definition) is 1. The summed E-state index contributed by atoms with van der Waals surface area (Å²) < 4.78 is 5.73. The maximum atomic E-state index is 12.3. The number of nitrogens with zero attached hydrogens (tertiary/aromatic N) is 1. The Morgan fingerprint density at radius 3 is 2.31 bits per heavy atom. The van der Waals surface area contributed by atoms with Gasteiger partial charge in [0.1, 0.15) is 17.9 Å². The third kappa shape index (κ3) is 2.65. The third-order valence-corrected chi connectivity index (χ3v) is 4.43. The summed E-state index contributed by atoms with van der Waals surface area (Å²) in [5.74, 6) is -0.705. The number of amides is 3. The number of carbonyl (C=O) groups excluding carboxylic acids is 3. The molecule has 0 bridgehead atoms. The van der Waals surface area contributed by atoms with Crippen LogP contribution in [0, 0.1) is 0 Å². The summed E-state index contributed by atoms with van der Waals surface area (Å²) in [5, 5.41) is 3.72. The summed E-state index contributed by atoms with van der Waals surface area (Å²) >= 11 is 0. The summed E-state index contributed by atoms with van der Waals surface area (Å²) in [6, 6.07) is 15.6. The van der Waals surface area contributed by atoms with E-state index in [9.17, 15) is 14.4 Å². The van der Waals surface area contributed by atoms with Crippen molar-refractivity contribution in [1.82, 2.24) is 10.2 Å². The summed E-state index contributed by atoms with van der Waals surface area (Å²) in [6.45, 7) is 1.47. The number of para-hydroxylation sites is 1. The van der Waals surface area contributed by atoms with Crippen LogP contribution in [0.25, 0.3) is 11.0 Å². The van der Waals surface area contributed by atoms with Crippen molar-refractivity contribution >= 4 is 28.7 Å². The highest BCUT2D eigenvalue weighted by atomic mass is 16.3. The fourth-order valence-electron chi connectivity index (χ4n) is 3.10. The fourth-order valence-corrected chi connectivity index (χ4v) is 3.10. The molecule has 3 aromatic rings. The average molecular weight is 348 g/mol. The van der Waals surface area contributed by atoms with Gasteiger partial charge in [-0.1, -0.05) is 30.3 Å². The van der Waals surface area contributed by atoms with Gasteiger partial charge in [0.05, 0.1) is 17.2 Å². The van der Waals surface area contributed by atoms with Gasteiger partial charge in [0.15, 0.2) is 0 Å². The van der Waals surface area contributed by atoms with Crippen molar-refractivity contribution in [2.75, 3.05) is 6.54 Å². The van der Waals surface area contributed by atoms with Crippen LogP contribution in [0.3, 0.4) is 0 Å². The Balaban J connectivity index is 1.46. The first-order valence-corrected chi connectivity index (χ1v) is 8.27. The molecule has 0 unspecified atom stereocenters. The lowest BCUT2D eigenvalue weighted by Crippen LogP contribution is -2.41. The molecule has 0 saturated carbocycles. The van der Waals surface area contributed by atoms with E-state index in [1.807, 2.05) is 30.3 Å². The topological polar surface area (TPSA) is 79.6 Å². The van der Waals surface area contributed by atoms with E-state index < -0.39 is 17.7 Å². The Labute approximate surface area is 149 Å². The molecule has 0 spiro atoms. The molecule has 3 amide bonds. The molecule has 2 aromatic carbocycles. The first-order valence-electron chi connectivity index (χ1n) is 8.27. The van der Waals surface area contributed by atoms with Gasteiger partial charge >= 0.3 is 0 Å². The van der Waals surface area contributed by atoms with E-state index in [-0.39, 0.29) is 12.6 Å². The maximum absolute atomic E-state index is 12.3. The van der Waals surface area contributed by atoms with Gasteiger partial charge in [-0.25, -0.2) is 0 Å². The molecule has 0 fully saturated rings. The van der Waals surface area contributed by atoms with E-state index in [4.69, 9.17) is 4.42 Å². The minimum absolute atomic E-state index is 0.323. The van der Waals surface area contributed by atoms with Crippen LogP contribution in [0.5, 0.6) is 0 Å². The fraction of sp³-hybridized carbons (Fsp3) is 0.150. The van der Waals surface area contributed by atoms with Crippen molar-refractivity contribution in [3.8, 4) is 0 Å². The molecule has 0 aliphatic carbocycles. The summed E-state index contributed by atoms with van der Waals surface area (Å²) in [4.78, 5) is 37.9. The quantitative estimate of drug-likeness (QED) is 0.735. The Bertz CT molecular complexity index is 969. The molecule has 0 saturated heterocycles. The molecule has 6 nitrogen and oxygen atoms in total. The molecular formula is C20H16N2O4. The molecule has 2 heterocycles. The van der Waals surface area contributed by atoms with Gasteiger partial charge in [-0.3, -0.25) is 19.3 Å². The molecule has 26 heavy (non-hydrogen) atoms. The minimum atomic E-state index is -0.447. The molecule has 0 radical (unpaired) electrons. The molecule has 1 aromatic heterocycles. The second kappa shape index (κ2) is 6.15. The number of carbonyl (C=O) groups is 3. The smallest absolute Gasteiger partial charge is 0.262 e. The second-order valence-corrected chi connectivity index (χ2v) is 6.22. The van der Waals surface area contributed by atoms with Crippen molar-refractivity contribution in [2.45, 2.75) is 13.0 Å². The molecule has 1 aliphatic heterocycles. The lowest BCUT2D eigenvalue weighted by molar-refractivity contribution is -0.122. The van der Waals surface area contributed by atoms with Crippen LogP contribution in [0.4, 0.5) is 0 Å². The second-order valence-electron chi connectivity index (χ2n) is 6.22. The maximum Gasteiger partial charge on any atom is 0.262 e. The van der Waals surface area contributed by atoms with Crippen LogP contribution in [0.1, 0.15) is 39.4 Å². The average Bonchev–Trinajstić information content (AvgIpc) is 3.18. The van der Waals surface area contributed by atoms with Gasteiger partial charge in [0, 0.05) is 5.39 Å². The molecular weight excluding hydrogens is 332 g/mol. The highest BCUT2D eigenvalue weighted by Crippen LogP contribution is 2.24. The van der Waals surface area contributed by atoms with Crippen molar-refractivity contribution in [2.24, 2.45) is 0 Å². The summed E-state index contributed by atoms with van der Waals surface area (Å²) in [6.07, 6.45) is 0. The molecule has 6 heteroatoms. The molecule has 130 valence electrons. The van der Waals surface area contributed by atoms with Gasteiger partial charge in [0.2, 0.25) is 5.91 Å². The van der Waals surface area contributed by atoms with E-state index in [1.54, 1.807) is 31.2 Å². The Kier molecular flexibility index (Phi) is 3.80. The Morgan fingerprint density at radius 1 is 1.04 bits per heavy atom. The Hall–Kier alpha value is -3.41. The molecule has 1 atom stereocenters. The van der Waals surface area contributed by atoms with Crippen molar-refractivity contribution in [3.63, 3.8) is 0 Å². The first kappa shape index (κ1) is 16.1. The normalized spacial score (nSPS) is 14.6. The number of nitrogens with one attached hydrogen (secondary N) is 1. The van der Waals surface area contributed by atoms with Crippen molar-refractivity contribution < 1.29 is 18.8 Å². The number of furan rings is 1. The zero-order valence-corrected chi connectivity index (χ0v) is 14.1. The number of imide groups is 1. The van der Waals surface area contributed by atoms with Crippen LogP contribution >= 0.6 is 0 Å². The van der Waals surface area contributed by atoms with E-state index in [1.165, 1.54) is 0 Å².